The summed E-state index contributed by atoms with van der Waals surface area (Å²) in [5, 5.41) is 2.93. The molecule has 1 amide bonds. The smallest absolute Gasteiger partial charge is 0.255 e. The van der Waals surface area contributed by atoms with Crippen molar-refractivity contribution in [1.82, 2.24) is 5.32 Å². The van der Waals surface area contributed by atoms with Crippen molar-refractivity contribution in [3.8, 4) is 0 Å². The molecule has 0 aromatic carbocycles. The SMILES string of the molecule is CC(C)CC(C)NC(=O)c1ccoc1Br. The first-order chi connectivity index (χ1) is 7.00. The molecule has 0 aliphatic carbocycles. The maximum atomic E-state index is 11.7. The fraction of sp³-hybridized carbons (Fsp3) is 0.545. The number of rotatable bonds is 4. The van der Waals surface area contributed by atoms with Crippen molar-refractivity contribution in [3.63, 3.8) is 0 Å². The molecule has 4 heteroatoms. The van der Waals surface area contributed by atoms with Crippen molar-refractivity contribution in [1.29, 1.82) is 0 Å². The molecule has 0 radical (unpaired) electrons. The Balaban J connectivity index is 2.53. The molecule has 0 bridgehead atoms. The van der Waals surface area contributed by atoms with E-state index >= 15 is 0 Å². The molecule has 1 aromatic heterocycles. The van der Waals surface area contributed by atoms with Crippen LogP contribution < -0.4 is 5.32 Å². The van der Waals surface area contributed by atoms with Gasteiger partial charge in [0, 0.05) is 6.04 Å². The fourth-order valence-corrected chi connectivity index (χ4v) is 1.94. The highest BCUT2D eigenvalue weighted by Crippen LogP contribution is 2.17. The predicted octanol–water partition coefficient (Wildman–Crippen LogP) is 3.21. The zero-order valence-electron chi connectivity index (χ0n) is 9.21. The number of hydrogen-bond donors (Lipinski definition) is 1. The van der Waals surface area contributed by atoms with Crippen molar-refractivity contribution in [3.05, 3.63) is 22.6 Å². The molecule has 0 fully saturated rings. The van der Waals surface area contributed by atoms with Crippen LogP contribution in [0, 0.1) is 5.92 Å². The first-order valence-electron chi connectivity index (χ1n) is 5.04. The molecule has 1 aromatic rings. The number of carbonyl (C=O) groups is 1. The van der Waals surface area contributed by atoms with Crippen LogP contribution >= 0.6 is 15.9 Å². The molecular formula is C11H16BrNO2. The highest BCUT2D eigenvalue weighted by atomic mass is 79.9. The summed E-state index contributed by atoms with van der Waals surface area (Å²) in [7, 11) is 0. The normalized spacial score (nSPS) is 12.9. The number of amides is 1. The molecule has 84 valence electrons. The first-order valence-corrected chi connectivity index (χ1v) is 5.84. The van der Waals surface area contributed by atoms with E-state index in [1.54, 1.807) is 6.07 Å². The van der Waals surface area contributed by atoms with Crippen LogP contribution in [-0.4, -0.2) is 11.9 Å². The summed E-state index contributed by atoms with van der Waals surface area (Å²) in [5.74, 6) is 0.483. The van der Waals surface area contributed by atoms with Crippen LogP contribution in [0.25, 0.3) is 0 Å². The van der Waals surface area contributed by atoms with Crippen molar-refractivity contribution < 1.29 is 9.21 Å². The standard InChI is InChI=1S/C11H16BrNO2/c1-7(2)6-8(3)13-11(14)9-4-5-15-10(9)12/h4-5,7-8H,6H2,1-3H3,(H,13,14). The summed E-state index contributed by atoms with van der Waals surface area (Å²) < 4.78 is 5.49. The van der Waals surface area contributed by atoms with Gasteiger partial charge in [-0.1, -0.05) is 13.8 Å². The summed E-state index contributed by atoms with van der Waals surface area (Å²) in [5.41, 5.74) is 0.547. The van der Waals surface area contributed by atoms with E-state index in [2.05, 4.69) is 35.1 Å². The molecule has 0 saturated carbocycles. The van der Waals surface area contributed by atoms with E-state index in [-0.39, 0.29) is 11.9 Å². The van der Waals surface area contributed by atoms with Gasteiger partial charge in [-0.3, -0.25) is 4.79 Å². The summed E-state index contributed by atoms with van der Waals surface area (Å²) in [6, 6.07) is 1.83. The van der Waals surface area contributed by atoms with E-state index in [1.165, 1.54) is 6.26 Å². The van der Waals surface area contributed by atoms with Gasteiger partial charge in [-0.05, 0) is 41.3 Å². The lowest BCUT2D eigenvalue weighted by atomic mass is 10.1. The van der Waals surface area contributed by atoms with Crippen LogP contribution in [0.15, 0.2) is 21.4 Å². The van der Waals surface area contributed by atoms with E-state index in [0.717, 1.165) is 6.42 Å². The molecule has 3 nitrogen and oxygen atoms in total. The van der Waals surface area contributed by atoms with Crippen LogP contribution in [-0.2, 0) is 0 Å². The van der Waals surface area contributed by atoms with Crippen molar-refractivity contribution in [2.24, 2.45) is 5.92 Å². The van der Waals surface area contributed by atoms with Gasteiger partial charge in [-0.25, -0.2) is 0 Å². The van der Waals surface area contributed by atoms with Crippen LogP contribution in [0.4, 0.5) is 0 Å². The number of carbonyl (C=O) groups excluding carboxylic acids is 1. The Morgan fingerprint density at radius 2 is 2.20 bits per heavy atom. The van der Waals surface area contributed by atoms with Gasteiger partial charge in [0.25, 0.3) is 5.91 Å². The van der Waals surface area contributed by atoms with Gasteiger partial charge < -0.3 is 9.73 Å². The lowest BCUT2D eigenvalue weighted by molar-refractivity contribution is 0.0934. The first kappa shape index (κ1) is 12.3. The van der Waals surface area contributed by atoms with Crippen molar-refractivity contribution >= 4 is 21.8 Å². The topological polar surface area (TPSA) is 42.2 Å². The zero-order valence-corrected chi connectivity index (χ0v) is 10.8. The highest BCUT2D eigenvalue weighted by molar-refractivity contribution is 9.10. The maximum Gasteiger partial charge on any atom is 0.255 e. The van der Waals surface area contributed by atoms with Crippen molar-refractivity contribution in [2.75, 3.05) is 0 Å². The Hall–Kier alpha value is -0.770. The number of furan rings is 1. The monoisotopic (exact) mass is 273 g/mol. The van der Waals surface area contributed by atoms with Crippen LogP contribution in [0.3, 0.4) is 0 Å². The summed E-state index contributed by atoms with van der Waals surface area (Å²) >= 11 is 3.18. The second-order valence-electron chi connectivity index (χ2n) is 4.11. The molecule has 1 heterocycles. The Labute approximate surface area is 98.4 Å². The largest absolute Gasteiger partial charge is 0.457 e. The number of halogens is 1. The third kappa shape index (κ3) is 3.70. The molecule has 1 N–H and O–H groups in total. The summed E-state index contributed by atoms with van der Waals surface area (Å²) in [6.45, 7) is 6.28. The Kier molecular flexibility index (Phi) is 4.39. The van der Waals surface area contributed by atoms with Gasteiger partial charge in [0.2, 0.25) is 0 Å². The quantitative estimate of drug-likeness (QED) is 0.916. The molecule has 0 aliphatic rings. The van der Waals surface area contributed by atoms with Crippen LogP contribution in [0.1, 0.15) is 37.6 Å². The Morgan fingerprint density at radius 3 is 2.67 bits per heavy atom. The molecule has 0 aliphatic heterocycles. The third-order valence-corrected chi connectivity index (χ3v) is 2.68. The van der Waals surface area contributed by atoms with Gasteiger partial charge in [-0.2, -0.15) is 0 Å². The van der Waals surface area contributed by atoms with Gasteiger partial charge >= 0.3 is 0 Å². The number of nitrogens with one attached hydrogen (secondary N) is 1. The zero-order chi connectivity index (χ0) is 11.4. The fourth-order valence-electron chi connectivity index (χ4n) is 1.52. The van der Waals surface area contributed by atoms with E-state index in [9.17, 15) is 4.79 Å². The van der Waals surface area contributed by atoms with Crippen molar-refractivity contribution in [2.45, 2.75) is 33.2 Å². The number of hydrogen-bond acceptors (Lipinski definition) is 2. The second kappa shape index (κ2) is 5.35. The molecule has 0 spiro atoms. The van der Waals surface area contributed by atoms with Gasteiger partial charge in [0.1, 0.15) is 0 Å². The average Bonchev–Trinajstić information content (AvgIpc) is 2.49. The minimum atomic E-state index is -0.0937. The van der Waals surface area contributed by atoms with Crippen LogP contribution in [0.5, 0.6) is 0 Å². The third-order valence-electron chi connectivity index (χ3n) is 2.07. The predicted molar refractivity (Wildman–Crippen MR) is 62.8 cm³/mol. The van der Waals surface area contributed by atoms with Crippen LogP contribution in [0.2, 0.25) is 0 Å². The Morgan fingerprint density at radius 1 is 1.53 bits per heavy atom. The lowest BCUT2D eigenvalue weighted by Gasteiger charge is -2.15. The van der Waals surface area contributed by atoms with Gasteiger partial charge in [0.05, 0.1) is 11.8 Å². The second-order valence-corrected chi connectivity index (χ2v) is 4.83. The van der Waals surface area contributed by atoms with E-state index < -0.39 is 0 Å². The molecular weight excluding hydrogens is 258 g/mol. The molecule has 1 unspecified atom stereocenters. The highest BCUT2D eigenvalue weighted by Gasteiger charge is 2.15. The molecule has 1 rings (SSSR count). The lowest BCUT2D eigenvalue weighted by Crippen LogP contribution is -2.33. The Bertz CT molecular complexity index is 333. The molecule has 0 saturated heterocycles. The molecule has 1 atom stereocenters. The minimum Gasteiger partial charge on any atom is -0.457 e. The maximum absolute atomic E-state index is 11.7. The van der Waals surface area contributed by atoms with E-state index in [4.69, 9.17) is 4.42 Å². The van der Waals surface area contributed by atoms with E-state index in [1.807, 2.05) is 6.92 Å². The minimum absolute atomic E-state index is 0.0937. The molecule has 15 heavy (non-hydrogen) atoms. The van der Waals surface area contributed by atoms with Gasteiger partial charge in [-0.15, -0.1) is 0 Å². The van der Waals surface area contributed by atoms with E-state index in [0.29, 0.717) is 16.2 Å². The summed E-state index contributed by atoms with van der Waals surface area (Å²) in [6.07, 6.45) is 2.47. The summed E-state index contributed by atoms with van der Waals surface area (Å²) in [4.78, 5) is 11.7. The van der Waals surface area contributed by atoms with Gasteiger partial charge in [0.15, 0.2) is 4.67 Å². The average molecular weight is 274 g/mol.